The summed E-state index contributed by atoms with van der Waals surface area (Å²) in [7, 11) is 0. The van der Waals surface area contributed by atoms with Gasteiger partial charge in [0.15, 0.2) is 6.29 Å². The molecule has 1 aliphatic heterocycles. The molecular weight excluding hydrogens is 919 g/mol. The highest BCUT2D eigenvalue weighted by Gasteiger charge is 2.44. The molecule has 1 fully saturated rings. The maximum atomic E-state index is 13.0. The van der Waals surface area contributed by atoms with Crippen LogP contribution in [0.1, 0.15) is 271 Å². The summed E-state index contributed by atoms with van der Waals surface area (Å²) in [5.74, 6) is -0.215. The van der Waals surface area contributed by atoms with Crippen LogP contribution >= 0.6 is 0 Å². The van der Waals surface area contributed by atoms with E-state index >= 15 is 0 Å². The number of allylic oxidation sites excluding steroid dienone is 7. The largest absolute Gasteiger partial charge is 0.466 e. The summed E-state index contributed by atoms with van der Waals surface area (Å²) in [6.07, 6.45) is 55.0. The number of unbranched alkanes of at least 4 members (excludes halogenated alkanes) is 32. The maximum Gasteiger partial charge on any atom is 0.305 e. The zero-order valence-electron chi connectivity index (χ0n) is 46.8. The summed E-state index contributed by atoms with van der Waals surface area (Å²) in [5.41, 5.74) is 0. The Morgan fingerprint density at radius 1 is 0.507 bits per heavy atom. The molecule has 1 aliphatic rings. The van der Waals surface area contributed by atoms with Crippen molar-refractivity contribution in [1.82, 2.24) is 5.32 Å². The molecule has 0 bridgehead atoms. The number of carbonyl (C=O) groups excluding carboxylic acids is 2. The van der Waals surface area contributed by atoms with Gasteiger partial charge in [-0.2, -0.15) is 0 Å². The number of esters is 1. The first kappa shape index (κ1) is 68.6. The van der Waals surface area contributed by atoms with Gasteiger partial charge in [-0.15, -0.1) is 0 Å². The molecule has 7 atom stereocenters. The van der Waals surface area contributed by atoms with Crippen LogP contribution in [0, 0.1) is 0 Å². The minimum absolute atomic E-state index is 0.0218. The van der Waals surface area contributed by atoms with Crippen molar-refractivity contribution in [2.75, 3.05) is 19.8 Å². The molecule has 73 heavy (non-hydrogen) atoms. The van der Waals surface area contributed by atoms with Crippen molar-refractivity contribution in [2.24, 2.45) is 0 Å². The van der Waals surface area contributed by atoms with Crippen molar-refractivity contribution in [3.8, 4) is 0 Å². The van der Waals surface area contributed by atoms with E-state index in [2.05, 4.69) is 55.6 Å². The minimum atomic E-state index is -1.57. The number of ether oxygens (including phenoxy) is 3. The van der Waals surface area contributed by atoms with E-state index in [0.717, 1.165) is 89.9 Å². The smallest absolute Gasteiger partial charge is 0.305 e. The molecule has 1 amide bonds. The fraction of sp³-hybridized carbons (Fsp3) is 0.839. The highest BCUT2D eigenvalue weighted by atomic mass is 16.7. The predicted molar refractivity (Wildman–Crippen MR) is 301 cm³/mol. The second-order valence-corrected chi connectivity index (χ2v) is 21.0. The van der Waals surface area contributed by atoms with Gasteiger partial charge in [0, 0.05) is 12.8 Å². The van der Waals surface area contributed by atoms with Crippen LogP contribution in [0.5, 0.6) is 0 Å². The number of aliphatic hydroxyl groups excluding tert-OH is 5. The van der Waals surface area contributed by atoms with E-state index in [9.17, 15) is 35.1 Å². The molecule has 6 N–H and O–H groups in total. The number of hydrogen-bond donors (Lipinski definition) is 6. The topological polar surface area (TPSA) is 175 Å². The third kappa shape index (κ3) is 41.5. The number of hydrogen-bond acceptors (Lipinski definition) is 10. The molecule has 0 aliphatic carbocycles. The first-order valence-electron chi connectivity index (χ1n) is 30.4. The number of amides is 1. The second kappa shape index (κ2) is 51.7. The molecule has 7 unspecified atom stereocenters. The molecule has 0 spiro atoms. The lowest BCUT2D eigenvalue weighted by molar-refractivity contribution is -0.302. The standard InChI is InChI=1S/C62H113NO10/c1-3-5-7-9-11-13-14-15-16-24-27-30-34-38-42-46-50-58(67)71-51-47-43-39-35-31-28-25-22-20-18-17-19-21-23-26-29-33-37-41-45-49-57(66)63-54(55(65)48-44-40-36-32-12-10-8-6-4-2)53-72-62-61(70)60(69)59(68)56(52-64)73-62/h13-14,16-17,19,24,44,48,54-56,59-62,64-65,68-70H,3-12,15,18,20-23,25-43,45-47,49-53H2,1-2H3,(H,63,66)/b14-13-,19-17-,24-16-,48-44+. The van der Waals surface area contributed by atoms with E-state index in [1.54, 1.807) is 6.08 Å². The molecule has 1 rings (SSSR count). The van der Waals surface area contributed by atoms with E-state index in [0.29, 0.717) is 19.4 Å². The van der Waals surface area contributed by atoms with E-state index < -0.39 is 49.5 Å². The lowest BCUT2D eigenvalue weighted by Gasteiger charge is -2.40. The van der Waals surface area contributed by atoms with Gasteiger partial charge in [0.2, 0.25) is 5.91 Å². The SMILES string of the molecule is CCCCCC/C=C\C/C=C\CCCCCCCC(=O)OCCCCCCCCCCC/C=C\CCCCCCCCCC(=O)NC(COC1OC(CO)C(O)C(O)C1O)C(O)/C=C/CCCCCCCCC. The molecule has 0 saturated carbocycles. The van der Waals surface area contributed by atoms with Crippen molar-refractivity contribution in [3.05, 3.63) is 48.6 Å². The Kier molecular flexibility index (Phi) is 48.6. The Labute approximate surface area is 446 Å². The summed E-state index contributed by atoms with van der Waals surface area (Å²) in [4.78, 5) is 25.1. The molecular formula is C62H113NO10. The van der Waals surface area contributed by atoms with Crippen LogP contribution < -0.4 is 5.32 Å². The fourth-order valence-electron chi connectivity index (χ4n) is 9.28. The molecule has 11 nitrogen and oxygen atoms in total. The average Bonchev–Trinajstić information content (AvgIpc) is 3.39. The molecule has 11 heteroatoms. The van der Waals surface area contributed by atoms with Crippen LogP contribution in [-0.2, 0) is 23.8 Å². The van der Waals surface area contributed by atoms with Crippen LogP contribution in [0.2, 0.25) is 0 Å². The van der Waals surface area contributed by atoms with Crippen LogP contribution in [0.4, 0.5) is 0 Å². The Morgan fingerprint density at radius 3 is 1.41 bits per heavy atom. The highest BCUT2D eigenvalue weighted by molar-refractivity contribution is 5.76. The van der Waals surface area contributed by atoms with Crippen molar-refractivity contribution >= 4 is 11.9 Å². The summed E-state index contributed by atoms with van der Waals surface area (Å²) in [6.45, 7) is 4.27. The first-order valence-corrected chi connectivity index (χ1v) is 30.4. The quantitative estimate of drug-likeness (QED) is 0.0195. The van der Waals surface area contributed by atoms with Crippen molar-refractivity contribution < 1.29 is 49.3 Å². The lowest BCUT2D eigenvalue weighted by atomic mass is 9.99. The van der Waals surface area contributed by atoms with Crippen LogP contribution in [0.25, 0.3) is 0 Å². The first-order chi connectivity index (χ1) is 35.7. The van der Waals surface area contributed by atoms with Gasteiger partial charge < -0.3 is 45.1 Å². The Morgan fingerprint density at radius 2 is 0.918 bits per heavy atom. The summed E-state index contributed by atoms with van der Waals surface area (Å²) < 4.78 is 16.7. The van der Waals surface area contributed by atoms with Gasteiger partial charge in [-0.25, -0.2) is 0 Å². The summed E-state index contributed by atoms with van der Waals surface area (Å²) >= 11 is 0. The van der Waals surface area contributed by atoms with Crippen LogP contribution in [0.15, 0.2) is 48.6 Å². The van der Waals surface area contributed by atoms with E-state index in [1.807, 2.05) is 6.08 Å². The molecule has 426 valence electrons. The average molecular weight is 1030 g/mol. The summed E-state index contributed by atoms with van der Waals surface area (Å²) in [6, 6.07) is -0.816. The van der Waals surface area contributed by atoms with Gasteiger partial charge >= 0.3 is 5.97 Å². The third-order valence-corrected chi connectivity index (χ3v) is 14.2. The highest BCUT2D eigenvalue weighted by Crippen LogP contribution is 2.23. The summed E-state index contributed by atoms with van der Waals surface area (Å²) in [5, 5.41) is 54.2. The second-order valence-electron chi connectivity index (χ2n) is 21.0. The minimum Gasteiger partial charge on any atom is -0.466 e. The molecule has 1 heterocycles. The van der Waals surface area contributed by atoms with Gasteiger partial charge in [-0.1, -0.05) is 217 Å². The van der Waals surface area contributed by atoms with E-state index in [1.165, 1.54) is 154 Å². The van der Waals surface area contributed by atoms with Crippen molar-refractivity contribution in [1.29, 1.82) is 0 Å². The van der Waals surface area contributed by atoms with Gasteiger partial charge in [0.05, 0.1) is 32.0 Å². The maximum absolute atomic E-state index is 13.0. The van der Waals surface area contributed by atoms with Crippen LogP contribution in [-0.4, -0.2) is 100 Å². The number of nitrogens with one attached hydrogen (secondary N) is 1. The van der Waals surface area contributed by atoms with Gasteiger partial charge in [0.25, 0.3) is 0 Å². The Balaban J connectivity index is 2.02. The fourth-order valence-corrected chi connectivity index (χ4v) is 9.28. The van der Waals surface area contributed by atoms with Crippen molar-refractivity contribution in [2.45, 2.75) is 314 Å². The number of aliphatic hydroxyl groups is 5. The number of carbonyl (C=O) groups is 2. The predicted octanol–water partition coefficient (Wildman–Crippen LogP) is 14.1. The molecule has 0 aromatic rings. The molecule has 0 aromatic heterocycles. The van der Waals surface area contributed by atoms with Gasteiger partial charge in [-0.3, -0.25) is 9.59 Å². The zero-order chi connectivity index (χ0) is 53.1. The lowest BCUT2D eigenvalue weighted by Crippen LogP contribution is -2.60. The normalized spacial score (nSPS) is 19.2. The third-order valence-electron chi connectivity index (χ3n) is 14.2. The Hall–Kier alpha value is -2.38. The van der Waals surface area contributed by atoms with Crippen LogP contribution in [0.3, 0.4) is 0 Å². The molecule has 0 aromatic carbocycles. The van der Waals surface area contributed by atoms with E-state index in [4.69, 9.17) is 14.2 Å². The molecule has 0 radical (unpaired) electrons. The van der Waals surface area contributed by atoms with Crippen molar-refractivity contribution in [3.63, 3.8) is 0 Å². The molecule has 1 saturated heterocycles. The Bertz CT molecular complexity index is 1350. The van der Waals surface area contributed by atoms with E-state index in [-0.39, 0.29) is 18.5 Å². The monoisotopic (exact) mass is 1030 g/mol. The van der Waals surface area contributed by atoms with Gasteiger partial charge in [-0.05, 0) is 89.9 Å². The zero-order valence-corrected chi connectivity index (χ0v) is 46.8. The van der Waals surface area contributed by atoms with Gasteiger partial charge in [0.1, 0.15) is 24.4 Å². The number of rotatable bonds is 52.